The van der Waals surface area contributed by atoms with Crippen LogP contribution in [-0.2, 0) is 0 Å². The van der Waals surface area contributed by atoms with Crippen molar-refractivity contribution in [3.8, 4) is 34.6 Å². The molecular formula is C27H37N5O5Si. The molecule has 38 heavy (non-hydrogen) atoms. The fourth-order valence-electron chi connectivity index (χ4n) is 4.52. The third-order valence-electron chi connectivity index (χ3n) is 6.92. The molecule has 3 aromatic rings. The molecular weight excluding hydrogens is 502 g/mol. The first-order chi connectivity index (χ1) is 17.9. The van der Waals surface area contributed by atoms with Crippen molar-refractivity contribution < 1.29 is 23.4 Å². The van der Waals surface area contributed by atoms with Crippen molar-refractivity contribution in [3.05, 3.63) is 35.6 Å². The summed E-state index contributed by atoms with van der Waals surface area (Å²) in [5.41, 5.74) is 7.67. The summed E-state index contributed by atoms with van der Waals surface area (Å²) < 4.78 is 23.3. The molecule has 1 atom stereocenters. The summed E-state index contributed by atoms with van der Waals surface area (Å²) in [6.07, 6.45) is 1.03. The molecule has 1 aromatic carbocycles. The maximum Gasteiger partial charge on any atom is 0.290 e. The number of benzene rings is 1. The summed E-state index contributed by atoms with van der Waals surface area (Å²) in [7, 11) is 5.57. The van der Waals surface area contributed by atoms with Gasteiger partial charge in [0.2, 0.25) is 17.7 Å². The number of carbonyl (C=O) groups is 1. The SMILES string of the molecule is COc1nc(N2CCC(N(C)C)C2)nc(OC)c1-c1cc([Si](C)(C)C)cc(Oc2ccc(C(N)=O)o2)c1C. The molecule has 1 saturated heterocycles. The first kappa shape index (κ1) is 27.5. The largest absolute Gasteiger partial charge is 0.480 e. The highest BCUT2D eigenvalue weighted by Gasteiger charge is 2.30. The Balaban J connectivity index is 1.84. The number of nitrogens with zero attached hydrogens (tertiary/aromatic N) is 4. The number of anilines is 1. The Morgan fingerprint density at radius 2 is 1.79 bits per heavy atom. The molecule has 1 aliphatic heterocycles. The Morgan fingerprint density at radius 3 is 2.29 bits per heavy atom. The molecule has 10 nitrogen and oxygen atoms in total. The maximum atomic E-state index is 11.5. The molecule has 2 aromatic heterocycles. The van der Waals surface area contributed by atoms with Gasteiger partial charge in [-0.25, -0.2) is 0 Å². The van der Waals surface area contributed by atoms with E-state index in [9.17, 15) is 4.79 Å². The average Bonchev–Trinajstić information content (AvgIpc) is 3.54. The van der Waals surface area contributed by atoms with E-state index < -0.39 is 14.0 Å². The molecule has 1 unspecified atom stereocenters. The summed E-state index contributed by atoms with van der Waals surface area (Å²) >= 11 is 0. The van der Waals surface area contributed by atoms with E-state index in [4.69, 9.17) is 34.3 Å². The van der Waals surface area contributed by atoms with Gasteiger partial charge in [0.25, 0.3) is 11.9 Å². The quantitative estimate of drug-likeness (QED) is 0.407. The molecule has 0 saturated carbocycles. The Hall–Kier alpha value is -3.57. The average molecular weight is 540 g/mol. The van der Waals surface area contributed by atoms with Crippen LogP contribution >= 0.6 is 0 Å². The molecule has 204 valence electrons. The summed E-state index contributed by atoms with van der Waals surface area (Å²) in [4.78, 5) is 25.5. The van der Waals surface area contributed by atoms with E-state index in [-0.39, 0.29) is 11.7 Å². The minimum Gasteiger partial charge on any atom is -0.480 e. The highest BCUT2D eigenvalue weighted by molar-refractivity contribution is 6.88. The Labute approximate surface area is 224 Å². The van der Waals surface area contributed by atoms with E-state index >= 15 is 0 Å². The first-order valence-corrected chi connectivity index (χ1v) is 16.1. The maximum absolute atomic E-state index is 11.5. The zero-order valence-electron chi connectivity index (χ0n) is 23.4. The normalized spacial score (nSPS) is 15.7. The Bertz CT molecular complexity index is 1310. The predicted molar refractivity (Wildman–Crippen MR) is 150 cm³/mol. The van der Waals surface area contributed by atoms with Crippen molar-refractivity contribution in [1.82, 2.24) is 14.9 Å². The third-order valence-corrected chi connectivity index (χ3v) is 8.94. The lowest BCUT2D eigenvalue weighted by Gasteiger charge is -2.24. The van der Waals surface area contributed by atoms with E-state index in [1.807, 2.05) is 13.0 Å². The van der Waals surface area contributed by atoms with Gasteiger partial charge in [-0.2, -0.15) is 9.97 Å². The molecule has 11 heteroatoms. The van der Waals surface area contributed by atoms with E-state index in [2.05, 4.69) is 49.6 Å². The van der Waals surface area contributed by atoms with Crippen LogP contribution in [0.2, 0.25) is 19.6 Å². The fraction of sp³-hybridized carbons (Fsp3) is 0.444. The lowest BCUT2D eigenvalue weighted by atomic mass is 10.0. The number of furan rings is 1. The molecule has 4 rings (SSSR count). The lowest BCUT2D eigenvalue weighted by molar-refractivity contribution is 0.0969. The van der Waals surface area contributed by atoms with Gasteiger partial charge >= 0.3 is 0 Å². The molecule has 0 aliphatic carbocycles. The van der Waals surface area contributed by atoms with Crippen LogP contribution in [0.5, 0.6) is 23.5 Å². The van der Waals surface area contributed by atoms with Crippen molar-refractivity contribution in [2.24, 2.45) is 5.73 Å². The van der Waals surface area contributed by atoms with Crippen LogP contribution in [0.1, 0.15) is 22.5 Å². The number of ether oxygens (including phenoxy) is 3. The molecule has 1 fully saturated rings. The van der Waals surface area contributed by atoms with Crippen LogP contribution in [0.15, 0.2) is 28.7 Å². The number of methoxy groups -OCH3 is 2. The molecule has 1 aliphatic rings. The van der Waals surface area contributed by atoms with Gasteiger partial charge in [0.15, 0.2) is 5.76 Å². The second-order valence-corrected chi connectivity index (χ2v) is 15.8. The number of hydrogen-bond acceptors (Lipinski definition) is 9. The zero-order chi connectivity index (χ0) is 27.8. The number of hydrogen-bond donors (Lipinski definition) is 1. The third kappa shape index (κ3) is 5.48. The monoisotopic (exact) mass is 539 g/mol. The Morgan fingerprint density at radius 1 is 1.13 bits per heavy atom. The van der Waals surface area contributed by atoms with Crippen molar-refractivity contribution in [2.75, 3.05) is 46.3 Å². The standard InChI is InChI=1S/C27H37N5O5Si/c1-16-19(13-18(38(6,7)8)14-21(16)37-22-10-9-20(36-22)24(28)33)23-25(34-4)29-27(30-26(23)35-5)32-12-11-17(15-32)31(2)3/h9-10,13-14,17H,11-12,15H2,1-8H3,(H2,28,33). The van der Waals surface area contributed by atoms with Gasteiger partial charge in [0, 0.05) is 30.8 Å². The number of rotatable bonds is 9. The second-order valence-electron chi connectivity index (χ2n) is 10.8. The Kier molecular flexibility index (Phi) is 7.70. The van der Waals surface area contributed by atoms with Gasteiger partial charge in [0.1, 0.15) is 11.3 Å². The number of likely N-dealkylation sites (N-methyl/N-ethyl adjacent to an activating group) is 1. The van der Waals surface area contributed by atoms with Gasteiger partial charge in [0.05, 0.1) is 22.3 Å². The smallest absolute Gasteiger partial charge is 0.290 e. The highest BCUT2D eigenvalue weighted by atomic mass is 28.3. The number of carbonyl (C=O) groups excluding carboxylic acids is 1. The summed E-state index contributed by atoms with van der Waals surface area (Å²) in [5.74, 6) is 1.57. The van der Waals surface area contributed by atoms with Crippen LogP contribution in [0.25, 0.3) is 11.1 Å². The summed E-state index contributed by atoms with van der Waals surface area (Å²) in [6, 6.07) is 7.68. The van der Waals surface area contributed by atoms with Crippen molar-refractivity contribution in [1.29, 1.82) is 0 Å². The summed E-state index contributed by atoms with van der Waals surface area (Å²) in [6.45, 7) is 10.4. The number of aromatic nitrogens is 2. The van der Waals surface area contributed by atoms with Crippen molar-refractivity contribution >= 4 is 25.1 Å². The van der Waals surface area contributed by atoms with E-state index in [0.717, 1.165) is 35.8 Å². The van der Waals surface area contributed by atoms with Crippen molar-refractivity contribution in [2.45, 2.75) is 39.0 Å². The van der Waals surface area contributed by atoms with Gasteiger partial charge in [-0.05, 0) is 45.1 Å². The van der Waals surface area contributed by atoms with Gasteiger partial charge in [-0.3, -0.25) is 4.79 Å². The fourth-order valence-corrected chi connectivity index (χ4v) is 5.67. The van der Waals surface area contributed by atoms with E-state index in [1.165, 1.54) is 6.07 Å². The number of primary amides is 1. The van der Waals surface area contributed by atoms with Gasteiger partial charge in [-0.1, -0.05) is 30.9 Å². The first-order valence-electron chi connectivity index (χ1n) is 12.6. The van der Waals surface area contributed by atoms with Crippen LogP contribution < -0.4 is 30.0 Å². The van der Waals surface area contributed by atoms with Crippen LogP contribution in [-0.4, -0.2) is 76.3 Å². The number of nitrogens with two attached hydrogens (primary N) is 1. The topological polar surface area (TPSA) is 116 Å². The van der Waals surface area contributed by atoms with Crippen LogP contribution in [0.4, 0.5) is 5.95 Å². The lowest BCUT2D eigenvalue weighted by Crippen LogP contribution is -2.37. The van der Waals surface area contributed by atoms with Gasteiger partial charge in [-0.15, -0.1) is 0 Å². The molecule has 1 amide bonds. The van der Waals surface area contributed by atoms with E-state index in [1.54, 1.807) is 20.3 Å². The molecule has 2 N–H and O–H groups in total. The van der Waals surface area contributed by atoms with Crippen LogP contribution in [0, 0.1) is 6.92 Å². The second kappa shape index (κ2) is 10.7. The minimum atomic E-state index is -1.81. The van der Waals surface area contributed by atoms with Crippen molar-refractivity contribution in [3.63, 3.8) is 0 Å². The van der Waals surface area contributed by atoms with Crippen LogP contribution in [0.3, 0.4) is 0 Å². The predicted octanol–water partition coefficient (Wildman–Crippen LogP) is 3.64. The zero-order valence-corrected chi connectivity index (χ0v) is 24.4. The number of amides is 1. The minimum absolute atomic E-state index is 0.0324. The molecule has 0 bridgehead atoms. The van der Waals surface area contributed by atoms with Gasteiger partial charge < -0.3 is 34.2 Å². The molecule has 3 heterocycles. The highest BCUT2D eigenvalue weighted by Crippen LogP contribution is 2.42. The molecule has 0 spiro atoms. The van der Waals surface area contributed by atoms with E-state index in [0.29, 0.717) is 35.1 Å². The summed E-state index contributed by atoms with van der Waals surface area (Å²) in [5, 5.41) is 1.15. The molecule has 0 radical (unpaired) electrons.